The van der Waals surface area contributed by atoms with E-state index in [2.05, 4.69) is 15.6 Å². The fourth-order valence-corrected chi connectivity index (χ4v) is 4.67. The molecule has 0 unspecified atom stereocenters. The van der Waals surface area contributed by atoms with Gasteiger partial charge in [0.05, 0.1) is 11.2 Å². The highest BCUT2D eigenvalue weighted by atomic mass is 32.2. The molecule has 3 rings (SSSR count). The molecule has 0 bridgehead atoms. The van der Waals surface area contributed by atoms with E-state index in [9.17, 15) is 13.2 Å². The van der Waals surface area contributed by atoms with Crippen LogP contribution in [0.4, 0.5) is 5.69 Å². The van der Waals surface area contributed by atoms with Gasteiger partial charge in [-0.15, -0.1) is 0 Å². The van der Waals surface area contributed by atoms with Gasteiger partial charge in [-0.2, -0.15) is 4.31 Å². The molecule has 1 amide bonds. The van der Waals surface area contributed by atoms with Crippen LogP contribution in [-0.4, -0.2) is 54.4 Å². The Morgan fingerprint density at radius 1 is 1.22 bits per heavy atom. The van der Waals surface area contributed by atoms with Crippen LogP contribution < -0.4 is 10.6 Å². The molecule has 9 heteroatoms. The SMILES string of the molecule is CCNc1cc(C(=O)NCCn2ccnc2)cc(S(=O)(=O)N2CCCC2)c1. The summed E-state index contributed by atoms with van der Waals surface area (Å²) in [6.07, 6.45) is 6.91. The molecule has 146 valence electrons. The van der Waals surface area contributed by atoms with Crippen molar-refractivity contribution >= 4 is 21.6 Å². The van der Waals surface area contributed by atoms with Gasteiger partial charge in [0.2, 0.25) is 10.0 Å². The van der Waals surface area contributed by atoms with E-state index in [-0.39, 0.29) is 10.8 Å². The smallest absolute Gasteiger partial charge is 0.251 e. The van der Waals surface area contributed by atoms with Gasteiger partial charge < -0.3 is 15.2 Å². The van der Waals surface area contributed by atoms with E-state index in [1.165, 1.54) is 10.4 Å². The number of hydrogen-bond acceptors (Lipinski definition) is 5. The number of aromatic nitrogens is 2. The first kappa shape index (κ1) is 19.4. The zero-order valence-corrected chi connectivity index (χ0v) is 16.2. The lowest BCUT2D eigenvalue weighted by Gasteiger charge is -2.17. The van der Waals surface area contributed by atoms with Gasteiger partial charge in [0.25, 0.3) is 5.91 Å². The van der Waals surface area contributed by atoms with Crippen LogP contribution in [0.2, 0.25) is 0 Å². The molecule has 1 aliphatic heterocycles. The van der Waals surface area contributed by atoms with Crippen LogP contribution in [0.5, 0.6) is 0 Å². The average molecular weight is 391 g/mol. The van der Waals surface area contributed by atoms with Crippen LogP contribution in [-0.2, 0) is 16.6 Å². The van der Waals surface area contributed by atoms with Crippen LogP contribution in [0.25, 0.3) is 0 Å². The van der Waals surface area contributed by atoms with Gasteiger partial charge >= 0.3 is 0 Å². The molecule has 2 heterocycles. The van der Waals surface area contributed by atoms with Crippen LogP contribution in [0.3, 0.4) is 0 Å². The van der Waals surface area contributed by atoms with Crippen LogP contribution >= 0.6 is 0 Å². The third-order valence-electron chi connectivity index (χ3n) is 4.47. The minimum atomic E-state index is -3.59. The lowest BCUT2D eigenvalue weighted by Crippen LogP contribution is -2.29. The number of anilines is 1. The van der Waals surface area contributed by atoms with Crippen LogP contribution in [0.1, 0.15) is 30.1 Å². The second kappa shape index (κ2) is 8.53. The number of amides is 1. The quantitative estimate of drug-likeness (QED) is 0.711. The molecule has 0 aliphatic carbocycles. The van der Waals surface area contributed by atoms with E-state index in [1.54, 1.807) is 24.7 Å². The average Bonchev–Trinajstić information content (AvgIpc) is 3.36. The summed E-state index contributed by atoms with van der Waals surface area (Å²) in [7, 11) is -3.59. The third-order valence-corrected chi connectivity index (χ3v) is 6.34. The zero-order valence-electron chi connectivity index (χ0n) is 15.4. The van der Waals surface area contributed by atoms with E-state index in [4.69, 9.17) is 0 Å². The number of carbonyl (C=O) groups excluding carboxylic acids is 1. The number of imidazole rings is 1. The van der Waals surface area contributed by atoms with E-state index in [0.717, 1.165) is 12.8 Å². The summed E-state index contributed by atoms with van der Waals surface area (Å²) in [5, 5.41) is 5.94. The predicted octanol–water partition coefficient (Wildman–Crippen LogP) is 1.53. The first-order chi connectivity index (χ1) is 13.0. The van der Waals surface area contributed by atoms with E-state index < -0.39 is 10.0 Å². The maximum Gasteiger partial charge on any atom is 0.251 e. The van der Waals surface area contributed by atoms with Crippen molar-refractivity contribution in [1.82, 2.24) is 19.2 Å². The highest BCUT2D eigenvalue weighted by Crippen LogP contribution is 2.25. The molecule has 0 atom stereocenters. The molecule has 8 nitrogen and oxygen atoms in total. The van der Waals surface area contributed by atoms with Crippen molar-refractivity contribution in [1.29, 1.82) is 0 Å². The lowest BCUT2D eigenvalue weighted by molar-refractivity contribution is 0.0952. The molecule has 1 aromatic heterocycles. The molecule has 1 saturated heterocycles. The Morgan fingerprint density at radius 3 is 2.67 bits per heavy atom. The van der Waals surface area contributed by atoms with Crippen molar-refractivity contribution in [3.05, 3.63) is 42.5 Å². The number of hydrogen-bond donors (Lipinski definition) is 2. The van der Waals surface area contributed by atoms with Crippen molar-refractivity contribution in [3.8, 4) is 0 Å². The Hall–Kier alpha value is -2.39. The normalized spacial score (nSPS) is 15.0. The second-order valence-electron chi connectivity index (χ2n) is 6.44. The summed E-state index contributed by atoms with van der Waals surface area (Å²) in [5.41, 5.74) is 0.953. The highest BCUT2D eigenvalue weighted by Gasteiger charge is 2.28. The van der Waals surface area contributed by atoms with E-state index >= 15 is 0 Å². The summed E-state index contributed by atoms with van der Waals surface area (Å²) in [4.78, 5) is 16.7. The molecule has 2 N–H and O–H groups in total. The highest BCUT2D eigenvalue weighted by molar-refractivity contribution is 7.89. The maximum absolute atomic E-state index is 12.9. The number of benzene rings is 1. The number of rotatable bonds is 8. The Morgan fingerprint density at radius 2 is 2.00 bits per heavy atom. The lowest BCUT2D eigenvalue weighted by atomic mass is 10.2. The van der Waals surface area contributed by atoms with Crippen LogP contribution in [0.15, 0.2) is 41.8 Å². The first-order valence-corrected chi connectivity index (χ1v) is 10.6. The van der Waals surface area contributed by atoms with Gasteiger partial charge in [0.1, 0.15) is 0 Å². The Bertz CT molecular complexity index is 874. The summed E-state index contributed by atoms with van der Waals surface area (Å²) >= 11 is 0. The van der Waals surface area contributed by atoms with Crippen LogP contribution in [0, 0.1) is 0 Å². The van der Waals surface area contributed by atoms with Gasteiger partial charge in [0.15, 0.2) is 0 Å². The van der Waals surface area contributed by atoms with Gasteiger partial charge in [-0.05, 0) is 38.0 Å². The van der Waals surface area contributed by atoms with Crippen molar-refractivity contribution in [3.63, 3.8) is 0 Å². The molecule has 27 heavy (non-hydrogen) atoms. The molecule has 0 spiro atoms. The zero-order chi connectivity index (χ0) is 19.3. The molecular formula is C18H25N5O3S. The van der Waals surface area contributed by atoms with E-state index in [0.29, 0.717) is 44.0 Å². The number of sulfonamides is 1. The molecule has 0 radical (unpaired) electrons. The molecule has 1 aliphatic rings. The first-order valence-electron chi connectivity index (χ1n) is 9.14. The summed E-state index contributed by atoms with van der Waals surface area (Å²) < 4.78 is 29.1. The molecule has 2 aromatic rings. The van der Waals surface area contributed by atoms with Crippen molar-refractivity contribution in [2.24, 2.45) is 0 Å². The van der Waals surface area contributed by atoms with Crippen molar-refractivity contribution in [2.45, 2.75) is 31.2 Å². The summed E-state index contributed by atoms with van der Waals surface area (Å²) in [5.74, 6) is -0.298. The molecule has 1 aromatic carbocycles. The standard InChI is InChI=1S/C18H25N5O3S/c1-2-20-16-11-15(18(24)21-6-10-22-9-5-19-14-22)12-17(13-16)27(25,26)23-7-3-4-8-23/h5,9,11-14,20H,2-4,6-8,10H2,1H3,(H,21,24). The number of carbonyl (C=O) groups is 1. The van der Waals surface area contributed by atoms with Crippen molar-refractivity contribution < 1.29 is 13.2 Å². The van der Waals surface area contributed by atoms with Gasteiger partial charge in [0, 0.05) is 56.4 Å². The number of nitrogens with zero attached hydrogens (tertiary/aromatic N) is 3. The van der Waals surface area contributed by atoms with Crippen molar-refractivity contribution in [2.75, 3.05) is 31.5 Å². The van der Waals surface area contributed by atoms with Gasteiger partial charge in [-0.3, -0.25) is 4.79 Å². The second-order valence-corrected chi connectivity index (χ2v) is 8.38. The number of nitrogens with one attached hydrogen (secondary N) is 2. The molecular weight excluding hydrogens is 366 g/mol. The predicted molar refractivity (Wildman–Crippen MR) is 103 cm³/mol. The minimum Gasteiger partial charge on any atom is -0.385 e. The Labute approximate surface area is 159 Å². The maximum atomic E-state index is 12.9. The summed E-state index contributed by atoms with van der Waals surface area (Å²) in [6, 6.07) is 4.74. The van der Waals surface area contributed by atoms with Gasteiger partial charge in [-0.25, -0.2) is 13.4 Å². The molecule has 0 saturated carbocycles. The summed E-state index contributed by atoms with van der Waals surface area (Å²) in [6.45, 7) is 4.63. The Kier molecular flexibility index (Phi) is 6.12. The largest absolute Gasteiger partial charge is 0.385 e. The fourth-order valence-electron chi connectivity index (χ4n) is 3.08. The monoisotopic (exact) mass is 391 g/mol. The third kappa shape index (κ3) is 4.67. The topological polar surface area (TPSA) is 96.3 Å². The minimum absolute atomic E-state index is 0.155. The van der Waals surface area contributed by atoms with Gasteiger partial charge in [-0.1, -0.05) is 0 Å². The Balaban J connectivity index is 1.79. The molecule has 1 fully saturated rings. The van der Waals surface area contributed by atoms with E-state index in [1.807, 2.05) is 17.7 Å². The fraction of sp³-hybridized carbons (Fsp3) is 0.444.